The largest absolute Gasteiger partial charge is 0.215 e. The summed E-state index contributed by atoms with van der Waals surface area (Å²) in [5.41, 5.74) is 0.835. The van der Waals surface area contributed by atoms with Gasteiger partial charge in [0.15, 0.2) is 0 Å². The molecule has 0 aromatic heterocycles. The van der Waals surface area contributed by atoms with Crippen molar-refractivity contribution in [1.29, 1.82) is 0 Å². The van der Waals surface area contributed by atoms with Crippen molar-refractivity contribution in [2.24, 2.45) is 0 Å². The quantitative estimate of drug-likeness (QED) is 0.537. The number of nitrogens with one attached hydrogen (secondary N) is 1. The Kier molecular flexibility index (Phi) is 10.2. The van der Waals surface area contributed by atoms with Crippen LogP contribution in [0.2, 0.25) is 0 Å². The lowest BCUT2D eigenvalue weighted by Crippen LogP contribution is -2.26. The predicted octanol–water partition coefficient (Wildman–Crippen LogP) is 4.64. The van der Waals surface area contributed by atoms with Gasteiger partial charge in [-0.15, -0.1) is 0 Å². The first-order valence-corrected chi connectivity index (χ1v) is 10.3. The van der Waals surface area contributed by atoms with Crippen LogP contribution in [0.25, 0.3) is 0 Å². The Labute approximate surface area is 136 Å². The van der Waals surface area contributed by atoms with Crippen LogP contribution < -0.4 is 4.72 Å². The standard InChI is InChI=1S/C18H31NO2S/c1-2-3-4-5-6-7-8-9-13-16-19-22(20,21)17-18-14-11-10-12-15-18/h10-12,14-15,19H,2-9,13,16-17H2,1H3. The third kappa shape index (κ3) is 9.96. The number of sulfonamides is 1. The molecule has 0 bridgehead atoms. The van der Waals surface area contributed by atoms with Crippen molar-refractivity contribution in [3.8, 4) is 0 Å². The maximum absolute atomic E-state index is 11.9. The molecular weight excluding hydrogens is 294 g/mol. The maximum Gasteiger partial charge on any atom is 0.215 e. The molecule has 0 heterocycles. The van der Waals surface area contributed by atoms with Gasteiger partial charge in [-0.05, 0) is 12.0 Å². The third-order valence-corrected chi connectivity index (χ3v) is 5.16. The van der Waals surface area contributed by atoms with E-state index >= 15 is 0 Å². The number of hydrogen-bond donors (Lipinski definition) is 1. The normalized spacial score (nSPS) is 11.7. The molecule has 0 fully saturated rings. The predicted molar refractivity (Wildman–Crippen MR) is 94.3 cm³/mol. The molecule has 1 aromatic rings. The summed E-state index contributed by atoms with van der Waals surface area (Å²) in [5, 5.41) is 0. The lowest BCUT2D eigenvalue weighted by molar-refractivity contribution is 0.553. The molecule has 1 aromatic carbocycles. The highest BCUT2D eigenvalue weighted by atomic mass is 32.2. The molecule has 3 nitrogen and oxygen atoms in total. The number of rotatable bonds is 13. The zero-order valence-corrected chi connectivity index (χ0v) is 14.7. The maximum atomic E-state index is 11.9. The van der Waals surface area contributed by atoms with Crippen molar-refractivity contribution >= 4 is 10.0 Å². The molecule has 22 heavy (non-hydrogen) atoms. The van der Waals surface area contributed by atoms with Crippen molar-refractivity contribution < 1.29 is 8.42 Å². The van der Waals surface area contributed by atoms with E-state index in [1.165, 1.54) is 44.9 Å². The Balaban J connectivity index is 2.02. The van der Waals surface area contributed by atoms with E-state index in [-0.39, 0.29) is 5.75 Å². The van der Waals surface area contributed by atoms with Gasteiger partial charge in [-0.2, -0.15) is 0 Å². The van der Waals surface area contributed by atoms with Gasteiger partial charge in [0.2, 0.25) is 10.0 Å². The van der Waals surface area contributed by atoms with Gasteiger partial charge in [-0.3, -0.25) is 0 Å². The van der Waals surface area contributed by atoms with Gasteiger partial charge in [-0.1, -0.05) is 88.6 Å². The average Bonchev–Trinajstić information content (AvgIpc) is 2.49. The van der Waals surface area contributed by atoms with Crippen molar-refractivity contribution in [2.45, 2.75) is 70.5 Å². The molecule has 0 unspecified atom stereocenters. The van der Waals surface area contributed by atoms with E-state index in [0.717, 1.165) is 18.4 Å². The van der Waals surface area contributed by atoms with Crippen LogP contribution in [0, 0.1) is 0 Å². The molecule has 4 heteroatoms. The molecular formula is C18H31NO2S. The van der Waals surface area contributed by atoms with Gasteiger partial charge in [-0.25, -0.2) is 13.1 Å². The molecule has 0 atom stereocenters. The summed E-state index contributed by atoms with van der Waals surface area (Å²) in [7, 11) is -3.19. The van der Waals surface area contributed by atoms with Crippen LogP contribution in [0.15, 0.2) is 30.3 Å². The van der Waals surface area contributed by atoms with Crippen LogP contribution in [0.1, 0.15) is 70.3 Å². The van der Waals surface area contributed by atoms with Crippen molar-refractivity contribution in [3.63, 3.8) is 0 Å². The van der Waals surface area contributed by atoms with Gasteiger partial charge in [0.25, 0.3) is 0 Å². The molecule has 0 aliphatic rings. The van der Waals surface area contributed by atoms with Gasteiger partial charge in [0.05, 0.1) is 5.75 Å². The van der Waals surface area contributed by atoms with E-state index in [2.05, 4.69) is 11.6 Å². The molecule has 0 saturated heterocycles. The van der Waals surface area contributed by atoms with E-state index in [0.29, 0.717) is 6.54 Å². The number of hydrogen-bond acceptors (Lipinski definition) is 2. The van der Waals surface area contributed by atoms with Crippen LogP contribution in [-0.4, -0.2) is 15.0 Å². The van der Waals surface area contributed by atoms with Gasteiger partial charge in [0, 0.05) is 6.54 Å². The van der Waals surface area contributed by atoms with Crippen molar-refractivity contribution in [1.82, 2.24) is 4.72 Å². The molecule has 0 aliphatic carbocycles. The van der Waals surface area contributed by atoms with E-state index < -0.39 is 10.0 Å². The van der Waals surface area contributed by atoms with Crippen LogP contribution in [0.5, 0.6) is 0 Å². The minimum absolute atomic E-state index is 0.0747. The molecule has 0 radical (unpaired) electrons. The summed E-state index contributed by atoms with van der Waals surface area (Å²) >= 11 is 0. The minimum atomic E-state index is -3.19. The SMILES string of the molecule is CCCCCCCCCCCNS(=O)(=O)Cc1ccccc1. The minimum Gasteiger partial charge on any atom is -0.215 e. The smallest absolute Gasteiger partial charge is 0.215 e. The fourth-order valence-corrected chi connectivity index (χ4v) is 3.70. The van der Waals surface area contributed by atoms with Crippen LogP contribution >= 0.6 is 0 Å². The highest BCUT2D eigenvalue weighted by Gasteiger charge is 2.09. The van der Waals surface area contributed by atoms with E-state index in [4.69, 9.17) is 0 Å². The highest BCUT2D eigenvalue weighted by Crippen LogP contribution is 2.09. The van der Waals surface area contributed by atoms with Crippen molar-refractivity contribution in [3.05, 3.63) is 35.9 Å². The van der Waals surface area contributed by atoms with Crippen LogP contribution in [-0.2, 0) is 15.8 Å². The summed E-state index contributed by atoms with van der Waals surface area (Å²) in [6.45, 7) is 2.80. The Bertz CT molecular complexity index is 471. The molecule has 1 N–H and O–H groups in total. The zero-order valence-electron chi connectivity index (χ0n) is 13.9. The zero-order chi connectivity index (χ0) is 16.1. The third-order valence-electron chi connectivity index (χ3n) is 3.80. The van der Waals surface area contributed by atoms with Gasteiger partial charge < -0.3 is 0 Å². The number of benzene rings is 1. The Morgan fingerprint density at radius 1 is 0.818 bits per heavy atom. The molecule has 126 valence electrons. The Morgan fingerprint density at radius 3 is 1.95 bits per heavy atom. The monoisotopic (exact) mass is 325 g/mol. The van der Waals surface area contributed by atoms with E-state index in [1.807, 2.05) is 30.3 Å². The van der Waals surface area contributed by atoms with Gasteiger partial charge >= 0.3 is 0 Å². The molecule has 0 amide bonds. The van der Waals surface area contributed by atoms with Crippen molar-refractivity contribution in [2.75, 3.05) is 6.54 Å². The molecule has 0 aliphatic heterocycles. The number of unbranched alkanes of at least 4 members (excludes halogenated alkanes) is 8. The fourth-order valence-electron chi connectivity index (χ4n) is 2.51. The molecule has 0 saturated carbocycles. The second-order valence-corrected chi connectivity index (χ2v) is 7.77. The average molecular weight is 326 g/mol. The lowest BCUT2D eigenvalue weighted by atomic mass is 10.1. The van der Waals surface area contributed by atoms with Crippen LogP contribution in [0.3, 0.4) is 0 Å². The topological polar surface area (TPSA) is 46.2 Å². The molecule has 0 spiro atoms. The first kappa shape index (κ1) is 19.2. The second kappa shape index (κ2) is 11.7. The van der Waals surface area contributed by atoms with E-state index in [1.54, 1.807) is 0 Å². The van der Waals surface area contributed by atoms with Crippen LogP contribution in [0.4, 0.5) is 0 Å². The highest BCUT2D eigenvalue weighted by molar-refractivity contribution is 7.88. The first-order valence-electron chi connectivity index (χ1n) is 8.65. The second-order valence-electron chi connectivity index (χ2n) is 5.97. The lowest BCUT2D eigenvalue weighted by Gasteiger charge is -2.07. The van der Waals surface area contributed by atoms with E-state index in [9.17, 15) is 8.42 Å². The molecule has 1 rings (SSSR count). The summed E-state index contributed by atoms with van der Waals surface area (Å²) in [5.74, 6) is 0.0747. The summed E-state index contributed by atoms with van der Waals surface area (Å²) in [6.07, 6.45) is 11.2. The Morgan fingerprint density at radius 2 is 1.36 bits per heavy atom. The summed E-state index contributed by atoms with van der Waals surface area (Å²) in [6, 6.07) is 9.32. The Hall–Kier alpha value is -0.870. The van der Waals surface area contributed by atoms with Gasteiger partial charge in [0.1, 0.15) is 0 Å². The summed E-state index contributed by atoms with van der Waals surface area (Å²) < 4.78 is 26.5. The summed E-state index contributed by atoms with van der Waals surface area (Å²) in [4.78, 5) is 0. The first-order chi connectivity index (χ1) is 10.6. The fraction of sp³-hybridized carbons (Fsp3) is 0.667.